The lowest BCUT2D eigenvalue weighted by Gasteiger charge is -2.40. The molecule has 2 aromatic rings. The Labute approximate surface area is 215 Å². The molecule has 0 unspecified atom stereocenters. The highest BCUT2D eigenvalue weighted by atomic mass is 35.5. The first kappa shape index (κ1) is 27.9. The van der Waals surface area contributed by atoms with Crippen LogP contribution in [0.1, 0.15) is 48.6 Å². The van der Waals surface area contributed by atoms with Crippen LogP contribution < -0.4 is 0 Å². The average molecular weight is 522 g/mol. The van der Waals surface area contributed by atoms with E-state index in [0.29, 0.717) is 17.0 Å². The maximum atomic E-state index is 11.5. The van der Waals surface area contributed by atoms with Gasteiger partial charge in [-0.3, -0.25) is 0 Å². The normalized spacial score (nSPS) is 24.3. The molecular formula is C26H32ClNO8. The summed E-state index contributed by atoms with van der Waals surface area (Å²) in [6.07, 6.45) is -6.07. The van der Waals surface area contributed by atoms with Crippen molar-refractivity contribution in [1.29, 1.82) is 0 Å². The molecule has 1 saturated heterocycles. The van der Waals surface area contributed by atoms with Gasteiger partial charge in [-0.25, -0.2) is 4.79 Å². The van der Waals surface area contributed by atoms with Crippen LogP contribution in [0, 0.1) is 0 Å². The fourth-order valence-electron chi connectivity index (χ4n) is 4.05. The second-order valence-electron chi connectivity index (χ2n) is 8.36. The Morgan fingerprint density at radius 1 is 1.03 bits per heavy atom. The largest absolute Gasteiger partial charge is 0.508 e. The molecule has 1 aliphatic rings. The number of carbonyl (C=O) groups excluding carboxylic acids is 1. The quantitative estimate of drug-likeness (QED) is 0.260. The average Bonchev–Trinajstić information content (AvgIpc) is 2.87. The van der Waals surface area contributed by atoms with Gasteiger partial charge >= 0.3 is 6.16 Å². The topological polar surface area (TPSA) is 127 Å². The van der Waals surface area contributed by atoms with Gasteiger partial charge in [0.2, 0.25) is 0 Å². The van der Waals surface area contributed by atoms with Crippen molar-refractivity contribution in [3.63, 3.8) is 0 Å². The van der Waals surface area contributed by atoms with E-state index in [4.69, 9.17) is 30.6 Å². The molecule has 0 saturated carbocycles. The van der Waals surface area contributed by atoms with Crippen molar-refractivity contribution in [2.75, 3.05) is 20.3 Å². The molecule has 3 rings (SSSR count). The van der Waals surface area contributed by atoms with E-state index in [1.807, 2.05) is 31.2 Å². The second kappa shape index (κ2) is 13.0. The van der Waals surface area contributed by atoms with Gasteiger partial charge in [-0.1, -0.05) is 60.1 Å². The number of oxime groups is 1. The van der Waals surface area contributed by atoms with Gasteiger partial charge < -0.3 is 34.4 Å². The van der Waals surface area contributed by atoms with Crippen molar-refractivity contribution >= 4 is 23.5 Å². The highest BCUT2D eigenvalue weighted by Gasteiger charge is 2.44. The molecule has 9 nitrogen and oxygen atoms in total. The molecule has 0 bridgehead atoms. The number of rotatable bonds is 9. The molecule has 0 aliphatic carbocycles. The van der Waals surface area contributed by atoms with E-state index < -0.39 is 36.7 Å². The van der Waals surface area contributed by atoms with Gasteiger partial charge in [0.25, 0.3) is 0 Å². The zero-order valence-corrected chi connectivity index (χ0v) is 21.2. The predicted molar refractivity (Wildman–Crippen MR) is 133 cm³/mol. The Hall–Kier alpha value is -2.69. The molecule has 0 spiro atoms. The fourth-order valence-corrected chi connectivity index (χ4v) is 4.23. The van der Waals surface area contributed by atoms with Gasteiger partial charge in [0.15, 0.2) is 0 Å². The molecule has 10 heteroatoms. The van der Waals surface area contributed by atoms with Crippen LogP contribution in [0.15, 0.2) is 47.6 Å². The number of benzene rings is 2. The molecule has 36 heavy (non-hydrogen) atoms. The highest BCUT2D eigenvalue weighted by Crippen LogP contribution is 2.34. The molecule has 1 aliphatic heterocycles. The monoisotopic (exact) mass is 521 g/mol. The number of halogens is 1. The van der Waals surface area contributed by atoms with Crippen LogP contribution in [0.4, 0.5) is 4.79 Å². The van der Waals surface area contributed by atoms with E-state index in [9.17, 15) is 20.1 Å². The number of aliphatic hydroxyl groups is 3. The first-order valence-corrected chi connectivity index (χ1v) is 12.1. The summed E-state index contributed by atoms with van der Waals surface area (Å²) in [4.78, 5) is 16.4. The summed E-state index contributed by atoms with van der Waals surface area (Å²) in [6.45, 7) is 3.42. The van der Waals surface area contributed by atoms with Crippen LogP contribution >= 0.6 is 11.6 Å². The van der Waals surface area contributed by atoms with Crippen molar-refractivity contribution in [1.82, 2.24) is 0 Å². The minimum atomic E-state index is -1.51. The van der Waals surface area contributed by atoms with E-state index in [2.05, 4.69) is 5.16 Å². The third-order valence-electron chi connectivity index (χ3n) is 5.96. The molecule has 0 radical (unpaired) electrons. The highest BCUT2D eigenvalue weighted by molar-refractivity contribution is 6.31. The zero-order valence-electron chi connectivity index (χ0n) is 20.5. The van der Waals surface area contributed by atoms with Gasteiger partial charge in [-0.2, -0.15) is 0 Å². The van der Waals surface area contributed by atoms with Crippen molar-refractivity contribution in [2.24, 2.45) is 5.16 Å². The van der Waals surface area contributed by atoms with E-state index in [0.717, 1.165) is 28.8 Å². The van der Waals surface area contributed by atoms with Gasteiger partial charge in [-0.15, -0.1) is 0 Å². The number of carbonyl (C=O) groups is 1. The number of nitrogens with zero attached hydrogens (tertiary/aromatic N) is 1. The maximum Gasteiger partial charge on any atom is 0.508 e. The molecule has 1 fully saturated rings. The predicted octanol–water partition coefficient (Wildman–Crippen LogP) is 3.39. The second-order valence-corrected chi connectivity index (χ2v) is 8.77. The molecule has 0 amide bonds. The zero-order chi connectivity index (χ0) is 26.2. The number of aliphatic hydroxyl groups excluding tert-OH is 3. The summed E-state index contributed by atoms with van der Waals surface area (Å²) in [5.41, 5.74) is 4.16. The van der Waals surface area contributed by atoms with Gasteiger partial charge in [0, 0.05) is 5.02 Å². The Balaban J connectivity index is 1.78. The lowest BCUT2D eigenvalue weighted by Crippen LogP contribution is -2.55. The van der Waals surface area contributed by atoms with Crippen LogP contribution in [0.2, 0.25) is 5.02 Å². The lowest BCUT2D eigenvalue weighted by molar-refractivity contribution is -0.232. The van der Waals surface area contributed by atoms with Crippen molar-refractivity contribution in [3.8, 4) is 0 Å². The molecule has 2 aromatic carbocycles. The molecular weight excluding hydrogens is 490 g/mol. The third kappa shape index (κ3) is 6.74. The number of hydrogen-bond donors (Lipinski definition) is 3. The van der Waals surface area contributed by atoms with Crippen LogP contribution in [-0.2, 0) is 25.5 Å². The fraction of sp³-hybridized carbons (Fsp3) is 0.462. The Morgan fingerprint density at radius 3 is 2.39 bits per heavy atom. The molecule has 3 N–H and O–H groups in total. The van der Waals surface area contributed by atoms with E-state index in [1.54, 1.807) is 25.1 Å². The smallest absolute Gasteiger partial charge is 0.435 e. The standard InChI is InChI=1S/C26H32ClNO8/c1-4-20(28-33-3)16-8-6-15(7-9-16)12-18-13-17(10-11-19(18)27)25-24(31)23(30)22(29)21(36-25)14-35-26(32)34-5-2/h6-11,13,21-25,29-31H,4-5,12,14H2,1-3H3/t21-,22-,23+,24-,25+/m1/s1. The van der Waals surface area contributed by atoms with E-state index in [-0.39, 0.29) is 13.2 Å². The Morgan fingerprint density at radius 2 is 1.75 bits per heavy atom. The first-order valence-electron chi connectivity index (χ1n) is 11.8. The van der Waals surface area contributed by atoms with Crippen molar-refractivity contribution in [3.05, 3.63) is 69.7 Å². The summed E-state index contributed by atoms with van der Waals surface area (Å²) >= 11 is 6.46. The molecule has 1 heterocycles. The summed E-state index contributed by atoms with van der Waals surface area (Å²) in [5.74, 6) is 0. The first-order chi connectivity index (χ1) is 17.3. The van der Waals surface area contributed by atoms with E-state index >= 15 is 0 Å². The summed E-state index contributed by atoms with van der Waals surface area (Å²) in [6, 6.07) is 13.1. The Kier molecular flexibility index (Phi) is 10.1. The number of ether oxygens (including phenoxy) is 3. The van der Waals surface area contributed by atoms with Crippen LogP contribution in [-0.4, -0.2) is 71.9 Å². The SMILES string of the molecule is CCOC(=O)OC[C@H]1O[C@@H](c2ccc(Cl)c(Cc3ccc(C(CC)=NOC)cc3)c2)[C@H](O)[C@@H](O)[C@@H]1O. The number of hydrogen-bond acceptors (Lipinski definition) is 9. The minimum absolute atomic E-state index is 0.133. The molecule has 196 valence electrons. The summed E-state index contributed by atoms with van der Waals surface area (Å²) in [5, 5.41) is 35.9. The minimum Gasteiger partial charge on any atom is -0.435 e. The summed E-state index contributed by atoms with van der Waals surface area (Å²) < 4.78 is 15.5. The van der Waals surface area contributed by atoms with Crippen LogP contribution in [0.3, 0.4) is 0 Å². The third-order valence-corrected chi connectivity index (χ3v) is 6.33. The van der Waals surface area contributed by atoms with E-state index in [1.165, 1.54) is 7.11 Å². The lowest BCUT2D eigenvalue weighted by atomic mass is 9.90. The van der Waals surface area contributed by atoms with Crippen molar-refractivity contribution in [2.45, 2.75) is 57.2 Å². The van der Waals surface area contributed by atoms with Gasteiger partial charge in [0.05, 0.1) is 12.3 Å². The molecule has 5 atom stereocenters. The Bertz CT molecular complexity index is 1040. The van der Waals surface area contributed by atoms with Crippen molar-refractivity contribution < 1.29 is 39.2 Å². The van der Waals surface area contributed by atoms with Crippen LogP contribution in [0.5, 0.6) is 0 Å². The maximum absolute atomic E-state index is 11.5. The van der Waals surface area contributed by atoms with Gasteiger partial charge in [-0.05, 0) is 48.1 Å². The van der Waals surface area contributed by atoms with Crippen LogP contribution in [0.25, 0.3) is 0 Å². The molecule has 0 aromatic heterocycles. The summed E-state index contributed by atoms with van der Waals surface area (Å²) in [7, 11) is 1.52. The van der Waals surface area contributed by atoms with Gasteiger partial charge in [0.1, 0.15) is 44.2 Å².